The molecule has 1 aliphatic rings. The first kappa shape index (κ1) is 11.1. The fraction of sp³-hybridized carbons (Fsp3) is 1.00. The number of likely N-dealkylation sites (tertiary alicyclic amines) is 1. The lowest BCUT2D eigenvalue weighted by Crippen LogP contribution is -2.43. The molecule has 1 saturated heterocycles. The Morgan fingerprint density at radius 3 is 2.82 bits per heavy atom. The largest absolute Gasteiger partial charge is 0.327 e. The van der Waals surface area contributed by atoms with E-state index in [1.807, 2.05) is 0 Å². The Labute approximate surface area is 73.3 Å². The third kappa shape index (κ3) is 3.89. The molecular formula is C7H16ClFN2. The predicted octanol–water partition coefficient (Wildman–Crippen LogP) is 0.801. The zero-order valence-electron chi connectivity index (χ0n) is 6.63. The van der Waals surface area contributed by atoms with Crippen LogP contribution in [0.15, 0.2) is 0 Å². The van der Waals surface area contributed by atoms with Crippen molar-refractivity contribution in [3.63, 3.8) is 0 Å². The third-order valence-electron chi connectivity index (χ3n) is 1.94. The van der Waals surface area contributed by atoms with E-state index in [2.05, 4.69) is 4.90 Å². The highest BCUT2D eigenvalue weighted by Gasteiger charge is 2.15. The lowest BCUT2D eigenvalue weighted by Gasteiger charge is -2.29. The Bertz CT molecular complexity index is 100. The molecule has 0 aromatic carbocycles. The summed E-state index contributed by atoms with van der Waals surface area (Å²) in [5.74, 6) is 0. The first-order valence-corrected chi connectivity index (χ1v) is 3.87. The summed E-state index contributed by atoms with van der Waals surface area (Å²) in [7, 11) is 0. The number of hydrogen-bond acceptors (Lipinski definition) is 2. The Morgan fingerprint density at radius 1 is 1.55 bits per heavy atom. The number of halogens is 2. The van der Waals surface area contributed by atoms with Gasteiger partial charge in [-0.15, -0.1) is 12.4 Å². The highest BCUT2D eigenvalue weighted by Crippen LogP contribution is 2.06. The van der Waals surface area contributed by atoms with Gasteiger partial charge in [-0.1, -0.05) is 0 Å². The molecule has 68 valence electrons. The van der Waals surface area contributed by atoms with Crippen molar-refractivity contribution in [3.05, 3.63) is 0 Å². The molecule has 2 nitrogen and oxygen atoms in total. The summed E-state index contributed by atoms with van der Waals surface area (Å²) < 4.78 is 11.8. The smallest absolute Gasteiger partial charge is 0.102 e. The molecule has 0 radical (unpaired) electrons. The standard InChI is InChI=1S/C7H15FN2.ClH/c8-3-5-10-4-1-2-7(9)6-10;/h7H,1-6,9H2;1H. The monoisotopic (exact) mass is 182 g/mol. The van der Waals surface area contributed by atoms with Crippen LogP contribution in [-0.4, -0.2) is 37.3 Å². The molecule has 11 heavy (non-hydrogen) atoms. The first-order valence-electron chi connectivity index (χ1n) is 3.87. The summed E-state index contributed by atoms with van der Waals surface area (Å²) in [6, 6.07) is 0.278. The lowest BCUT2D eigenvalue weighted by molar-refractivity contribution is 0.194. The van der Waals surface area contributed by atoms with Crippen molar-refractivity contribution in [2.45, 2.75) is 18.9 Å². The Morgan fingerprint density at radius 2 is 2.27 bits per heavy atom. The van der Waals surface area contributed by atoms with Crippen LogP contribution < -0.4 is 5.73 Å². The van der Waals surface area contributed by atoms with E-state index >= 15 is 0 Å². The van der Waals surface area contributed by atoms with Crippen LogP contribution in [0.2, 0.25) is 0 Å². The number of nitrogens with zero attached hydrogens (tertiary/aromatic N) is 1. The van der Waals surface area contributed by atoms with E-state index in [4.69, 9.17) is 5.73 Å². The molecule has 1 aliphatic heterocycles. The summed E-state index contributed by atoms with van der Waals surface area (Å²) in [5.41, 5.74) is 5.69. The average Bonchev–Trinajstić information content (AvgIpc) is 1.88. The molecular weight excluding hydrogens is 167 g/mol. The highest BCUT2D eigenvalue weighted by atomic mass is 35.5. The van der Waals surface area contributed by atoms with E-state index in [9.17, 15) is 4.39 Å². The third-order valence-corrected chi connectivity index (χ3v) is 1.94. The molecule has 0 spiro atoms. The number of nitrogens with two attached hydrogens (primary N) is 1. The fourth-order valence-electron chi connectivity index (χ4n) is 1.41. The minimum absolute atomic E-state index is 0. The van der Waals surface area contributed by atoms with Gasteiger partial charge in [-0.25, -0.2) is 4.39 Å². The van der Waals surface area contributed by atoms with Gasteiger partial charge in [0.2, 0.25) is 0 Å². The maximum Gasteiger partial charge on any atom is 0.102 e. The van der Waals surface area contributed by atoms with Crippen molar-refractivity contribution in [2.75, 3.05) is 26.3 Å². The lowest BCUT2D eigenvalue weighted by atomic mass is 10.1. The molecule has 1 rings (SSSR count). The second kappa shape index (κ2) is 5.75. The molecule has 0 saturated carbocycles. The maximum atomic E-state index is 11.8. The SMILES string of the molecule is Cl.NC1CCCN(CCF)C1. The number of piperidine rings is 1. The fourth-order valence-corrected chi connectivity index (χ4v) is 1.41. The van der Waals surface area contributed by atoms with E-state index in [0.29, 0.717) is 6.54 Å². The number of hydrogen-bond donors (Lipinski definition) is 1. The topological polar surface area (TPSA) is 29.3 Å². The summed E-state index contributed by atoms with van der Waals surface area (Å²) in [6.07, 6.45) is 2.23. The Kier molecular flexibility index (Phi) is 5.82. The van der Waals surface area contributed by atoms with Crippen molar-refractivity contribution in [1.82, 2.24) is 4.90 Å². The van der Waals surface area contributed by atoms with Crippen LogP contribution in [-0.2, 0) is 0 Å². The molecule has 0 aromatic heterocycles. The van der Waals surface area contributed by atoms with Gasteiger partial charge in [0.1, 0.15) is 6.67 Å². The number of alkyl halides is 1. The zero-order valence-corrected chi connectivity index (χ0v) is 7.45. The van der Waals surface area contributed by atoms with Crippen LogP contribution in [0.25, 0.3) is 0 Å². The minimum Gasteiger partial charge on any atom is -0.327 e. The number of rotatable bonds is 2. The molecule has 1 heterocycles. The van der Waals surface area contributed by atoms with E-state index < -0.39 is 0 Å². The molecule has 2 N–H and O–H groups in total. The predicted molar refractivity (Wildman–Crippen MR) is 46.9 cm³/mol. The second-order valence-corrected chi connectivity index (χ2v) is 2.89. The van der Waals surface area contributed by atoms with Crippen molar-refractivity contribution in [3.8, 4) is 0 Å². The zero-order chi connectivity index (χ0) is 7.40. The van der Waals surface area contributed by atoms with Gasteiger partial charge in [0.25, 0.3) is 0 Å². The van der Waals surface area contributed by atoms with Gasteiger partial charge in [-0.2, -0.15) is 0 Å². The summed E-state index contributed by atoms with van der Waals surface area (Å²) in [5, 5.41) is 0. The minimum atomic E-state index is -0.243. The quantitative estimate of drug-likeness (QED) is 0.685. The van der Waals surface area contributed by atoms with Gasteiger partial charge in [0, 0.05) is 19.1 Å². The van der Waals surface area contributed by atoms with Crippen molar-refractivity contribution >= 4 is 12.4 Å². The van der Waals surface area contributed by atoms with Crippen LogP contribution in [0.5, 0.6) is 0 Å². The first-order chi connectivity index (χ1) is 4.83. The van der Waals surface area contributed by atoms with Gasteiger partial charge >= 0.3 is 0 Å². The van der Waals surface area contributed by atoms with Crippen molar-refractivity contribution < 1.29 is 4.39 Å². The molecule has 0 aliphatic carbocycles. The van der Waals surface area contributed by atoms with Crippen molar-refractivity contribution in [1.29, 1.82) is 0 Å². The van der Waals surface area contributed by atoms with Crippen LogP contribution in [0.1, 0.15) is 12.8 Å². The van der Waals surface area contributed by atoms with Gasteiger partial charge in [0.05, 0.1) is 0 Å². The summed E-state index contributed by atoms with van der Waals surface area (Å²) in [4.78, 5) is 2.09. The van der Waals surface area contributed by atoms with Crippen LogP contribution in [0.3, 0.4) is 0 Å². The summed E-state index contributed by atoms with van der Waals surface area (Å²) >= 11 is 0. The van der Waals surface area contributed by atoms with Gasteiger partial charge < -0.3 is 5.73 Å². The van der Waals surface area contributed by atoms with Crippen LogP contribution >= 0.6 is 12.4 Å². The second-order valence-electron chi connectivity index (χ2n) is 2.89. The van der Waals surface area contributed by atoms with E-state index in [-0.39, 0.29) is 25.1 Å². The van der Waals surface area contributed by atoms with E-state index in [1.165, 1.54) is 0 Å². The van der Waals surface area contributed by atoms with Crippen molar-refractivity contribution in [2.24, 2.45) is 5.73 Å². The van der Waals surface area contributed by atoms with Gasteiger partial charge in [0.15, 0.2) is 0 Å². The molecule has 1 fully saturated rings. The van der Waals surface area contributed by atoms with Gasteiger partial charge in [-0.3, -0.25) is 4.90 Å². The molecule has 1 unspecified atom stereocenters. The maximum absolute atomic E-state index is 11.8. The van der Waals surface area contributed by atoms with E-state index in [1.54, 1.807) is 0 Å². The molecule has 0 aromatic rings. The molecule has 0 amide bonds. The molecule has 1 atom stereocenters. The molecule has 0 bridgehead atoms. The normalized spacial score (nSPS) is 26.2. The van der Waals surface area contributed by atoms with Crippen LogP contribution in [0, 0.1) is 0 Å². The average molecular weight is 183 g/mol. The summed E-state index contributed by atoms with van der Waals surface area (Å²) in [6.45, 7) is 2.22. The van der Waals surface area contributed by atoms with Crippen LogP contribution in [0.4, 0.5) is 4.39 Å². The van der Waals surface area contributed by atoms with Gasteiger partial charge in [-0.05, 0) is 19.4 Å². The Hall–Kier alpha value is 0.140. The Balaban J connectivity index is 0.000001000. The molecule has 4 heteroatoms. The van der Waals surface area contributed by atoms with E-state index in [0.717, 1.165) is 25.9 Å². The highest BCUT2D eigenvalue weighted by molar-refractivity contribution is 5.85.